The van der Waals surface area contributed by atoms with Crippen LogP contribution in [0.2, 0.25) is 0 Å². The van der Waals surface area contributed by atoms with Gasteiger partial charge in [0.2, 0.25) is 10.0 Å². The van der Waals surface area contributed by atoms with Crippen LogP contribution in [-0.4, -0.2) is 65.7 Å². The lowest BCUT2D eigenvalue weighted by Gasteiger charge is -2.36. The Bertz CT molecular complexity index is 1160. The Hall–Kier alpha value is -1.98. The SMILES string of the molecule is CC(C)CC(c1ccccc1)S(=O)(=O)N[C@H](C)c1ccc(N2CCN(S(=O)(=O)N(C)C)CC2)cc1. The molecule has 0 saturated carbocycles. The number of benzene rings is 2. The van der Waals surface area contributed by atoms with Gasteiger partial charge in [-0.1, -0.05) is 56.3 Å². The van der Waals surface area contributed by atoms with Crippen molar-refractivity contribution in [3.8, 4) is 0 Å². The second kappa shape index (κ2) is 11.4. The molecule has 1 unspecified atom stereocenters. The van der Waals surface area contributed by atoms with E-state index >= 15 is 0 Å². The first-order chi connectivity index (χ1) is 16.4. The summed E-state index contributed by atoms with van der Waals surface area (Å²) < 4.78 is 57.0. The zero-order chi connectivity index (χ0) is 25.8. The number of rotatable bonds is 10. The summed E-state index contributed by atoms with van der Waals surface area (Å²) in [4.78, 5) is 2.15. The molecule has 2 atom stereocenters. The van der Waals surface area contributed by atoms with Crippen molar-refractivity contribution in [1.29, 1.82) is 0 Å². The molecule has 0 amide bonds. The van der Waals surface area contributed by atoms with E-state index in [0.717, 1.165) is 16.8 Å². The lowest BCUT2D eigenvalue weighted by molar-refractivity contribution is 0.355. The average molecular weight is 523 g/mol. The normalized spacial score (nSPS) is 17.6. The van der Waals surface area contributed by atoms with Crippen LogP contribution in [0.1, 0.15) is 49.6 Å². The van der Waals surface area contributed by atoms with Crippen molar-refractivity contribution in [1.82, 2.24) is 13.3 Å². The van der Waals surface area contributed by atoms with E-state index in [4.69, 9.17) is 0 Å². The van der Waals surface area contributed by atoms with Gasteiger partial charge in [0.15, 0.2) is 0 Å². The molecule has 1 N–H and O–H groups in total. The van der Waals surface area contributed by atoms with E-state index in [1.165, 1.54) is 8.61 Å². The van der Waals surface area contributed by atoms with Crippen LogP contribution in [0.15, 0.2) is 54.6 Å². The van der Waals surface area contributed by atoms with Gasteiger partial charge >= 0.3 is 0 Å². The quantitative estimate of drug-likeness (QED) is 0.517. The smallest absolute Gasteiger partial charge is 0.281 e. The molecule has 0 bridgehead atoms. The van der Waals surface area contributed by atoms with Crippen molar-refractivity contribution in [3.63, 3.8) is 0 Å². The number of nitrogens with one attached hydrogen (secondary N) is 1. The van der Waals surface area contributed by atoms with Crippen molar-refractivity contribution >= 4 is 25.9 Å². The molecule has 1 aliphatic rings. The first kappa shape index (κ1) is 27.6. The molecule has 1 aliphatic heterocycles. The molecule has 10 heteroatoms. The molecule has 3 rings (SSSR count). The zero-order valence-electron chi connectivity index (χ0n) is 21.3. The topological polar surface area (TPSA) is 90.0 Å². The Kier molecular flexibility index (Phi) is 8.98. The monoisotopic (exact) mass is 522 g/mol. The van der Waals surface area contributed by atoms with Gasteiger partial charge in [0, 0.05) is 52.0 Å². The minimum absolute atomic E-state index is 0.236. The summed E-state index contributed by atoms with van der Waals surface area (Å²) in [7, 11) is -3.92. The number of anilines is 1. The standard InChI is InChI=1S/C25H38N4O4S2/c1-20(2)19-25(23-9-7-6-8-10-23)34(30,31)26-21(3)22-11-13-24(14-12-22)28-15-17-29(18-16-28)35(32,33)27(4)5/h6-14,20-21,25-26H,15-19H2,1-5H3/t21-,25?/m1/s1. The maximum Gasteiger partial charge on any atom is 0.281 e. The second-order valence-corrected chi connectivity index (χ2v) is 13.7. The molecule has 0 aromatic heterocycles. The highest BCUT2D eigenvalue weighted by molar-refractivity contribution is 7.89. The number of hydrogen-bond acceptors (Lipinski definition) is 5. The van der Waals surface area contributed by atoms with Crippen LogP contribution in [0.4, 0.5) is 5.69 Å². The highest BCUT2D eigenvalue weighted by Crippen LogP contribution is 2.30. The maximum atomic E-state index is 13.3. The Morgan fingerprint density at radius 2 is 1.40 bits per heavy atom. The Labute approximate surface area is 211 Å². The summed E-state index contributed by atoms with van der Waals surface area (Å²) in [6.07, 6.45) is 0.542. The van der Waals surface area contributed by atoms with Crippen LogP contribution in [0, 0.1) is 5.92 Å². The second-order valence-electron chi connectivity index (χ2n) is 9.68. The predicted molar refractivity (Wildman–Crippen MR) is 142 cm³/mol. The third-order valence-electron chi connectivity index (χ3n) is 6.36. The Morgan fingerprint density at radius 1 is 0.829 bits per heavy atom. The first-order valence-electron chi connectivity index (χ1n) is 12.0. The summed E-state index contributed by atoms with van der Waals surface area (Å²) in [6, 6.07) is 16.8. The molecular formula is C25H38N4O4S2. The molecule has 0 radical (unpaired) electrons. The predicted octanol–water partition coefficient (Wildman–Crippen LogP) is 3.38. The average Bonchev–Trinajstić information content (AvgIpc) is 2.82. The van der Waals surface area contributed by atoms with Crippen LogP contribution in [0.5, 0.6) is 0 Å². The molecule has 1 heterocycles. The number of sulfonamides is 1. The summed E-state index contributed by atoms with van der Waals surface area (Å²) in [5.74, 6) is 0.236. The van der Waals surface area contributed by atoms with Crippen LogP contribution in [-0.2, 0) is 20.2 Å². The van der Waals surface area contributed by atoms with Gasteiger partial charge in [-0.25, -0.2) is 13.1 Å². The van der Waals surface area contributed by atoms with Gasteiger partial charge in [0.1, 0.15) is 5.25 Å². The van der Waals surface area contributed by atoms with E-state index in [2.05, 4.69) is 9.62 Å². The van der Waals surface area contributed by atoms with Gasteiger partial charge in [-0.3, -0.25) is 0 Å². The number of nitrogens with zero attached hydrogens (tertiary/aromatic N) is 3. The van der Waals surface area contributed by atoms with E-state index in [1.54, 1.807) is 14.1 Å². The van der Waals surface area contributed by atoms with Crippen molar-refractivity contribution in [2.45, 2.75) is 38.5 Å². The summed E-state index contributed by atoms with van der Waals surface area (Å²) in [5, 5.41) is -0.611. The molecule has 1 saturated heterocycles. The van der Waals surface area contributed by atoms with Crippen molar-refractivity contribution in [3.05, 3.63) is 65.7 Å². The van der Waals surface area contributed by atoms with Crippen LogP contribution < -0.4 is 9.62 Å². The molecular weight excluding hydrogens is 484 g/mol. The molecule has 0 aliphatic carbocycles. The van der Waals surface area contributed by atoms with Gasteiger partial charge < -0.3 is 4.90 Å². The van der Waals surface area contributed by atoms with E-state index in [1.807, 2.05) is 75.4 Å². The van der Waals surface area contributed by atoms with Gasteiger partial charge in [0.05, 0.1) is 0 Å². The van der Waals surface area contributed by atoms with E-state index in [9.17, 15) is 16.8 Å². The zero-order valence-corrected chi connectivity index (χ0v) is 22.9. The molecule has 0 spiro atoms. The molecule has 2 aromatic carbocycles. The number of piperazine rings is 1. The van der Waals surface area contributed by atoms with Crippen molar-refractivity contribution in [2.75, 3.05) is 45.2 Å². The van der Waals surface area contributed by atoms with Crippen LogP contribution in [0.3, 0.4) is 0 Å². The summed E-state index contributed by atoms with van der Waals surface area (Å²) in [5.41, 5.74) is 2.67. The van der Waals surface area contributed by atoms with Gasteiger partial charge in [0.25, 0.3) is 10.2 Å². The van der Waals surface area contributed by atoms with Crippen LogP contribution >= 0.6 is 0 Å². The van der Waals surface area contributed by atoms with Crippen molar-refractivity contribution in [2.24, 2.45) is 5.92 Å². The van der Waals surface area contributed by atoms with Gasteiger partial charge in [-0.2, -0.15) is 17.0 Å². The molecule has 194 valence electrons. The van der Waals surface area contributed by atoms with E-state index in [-0.39, 0.29) is 12.0 Å². The van der Waals surface area contributed by atoms with Crippen molar-refractivity contribution < 1.29 is 16.8 Å². The minimum atomic E-state index is -3.60. The fourth-order valence-corrected chi connectivity index (χ4v) is 7.35. The fourth-order valence-electron chi connectivity index (χ4n) is 4.32. The minimum Gasteiger partial charge on any atom is -0.369 e. The number of hydrogen-bond donors (Lipinski definition) is 1. The third kappa shape index (κ3) is 6.83. The van der Waals surface area contributed by atoms with E-state index in [0.29, 0.717) is 32.6 Å². The summed E-state index contributed by atoms with van der Waals surface area (Å²) >= 11 is 0. The molecule has 2 aromatic rings. The largest absolute Gasteiger partial charge is 0.369 e. The molecule has 35 heavy (non-hydrogen) atoms. The highest BCUT2D eigenvalue weighted by atomic mass is 32.2. The third-order valence-corrected chi connectivity index (χ3v) is 10.2. The Morgan fingerprint density at radius 3 is 1.91 bits per heavy atom. The van der Waals surface area contributed by atoms with Crippen LogP contribution in [0.25, 0.3) is 0 Å². The van der Waals surface area contributed by atoms with Gasteiger partial charge in [-0.05, 0) is 42.5 Å². The summed E-state index contributed by atoms with van der Waals surface area (Å²) in [6.45, 7) is 7.97. The first-order valence-corrected chi connectivity index (χ1v) is 14.9. The lowest BCUT2D eigenvalue weighted by Crippen LogP contribution is -2.51. The lowest BCUT2D eigenvalue weighted by atomic mass is 10.0. The molecule has 1 fully saturated rings. The Balaban J connectivity index is 1.67. The molecule has 8 nitrogen and oxygen atoms in total. The fraction of sp³-hybridized carbons (Fsp3) is 0.520. The highest BCUT2D eigenvalue weighted by Gasteiger charge is 2.30. The van der Waals surface area contributed by atoms with E-state index < -0.39 is 25.5 Å². The maximum absolute atomic E-state index is 13.3. The van der Waals surface area contributed by atoms with Gasteiger partial charge in [-0.15, -0.1) is 0 Å².